The van der Waals surface area contributed by atoms with Crippen molar-refractivity contribution in [3.8, 4) is 0 Å². The lowest BCUT2D eigenvalue weighted by Gasteiger charge is -2.26. The number of carbonyl (C=O) groups excluding carboxylic acids is 1. The van der Waals surface area contributed by atoms with Crippen molar-refractivity contribution in [2.24, 2.45) is 5.92 Å². The zero-order valence-corrected chi connectivity index (χ0v) is 12.5. The molecule has 0 bridgehead atoms. The van der Waals surface area contributed by atoms with Crippen molar-refractivity contribution in [1.29, 1.82) is 0 Å². The zero-order chi connectivity index (χ0) is 15.3. The van der Waals surface area contributed by atoms with Gasteiger partial charge in [0.1, 0.15) is 6.54 Å². The number of alkyl halides is 3. The van der Waals surface area contributed by atoms with Gasteiger partial charge in [-0.3, -0.25) is 4.79 Å². The Bertz CT molecular complexity index is 460. The molecule has 0 radical (unpaired) electrons. The summed E-state index contributed by atoms with van der Waals surface area (Å²) in [6.07, 6.45) is -2.60. The van der Waals surface area contributed by atoms with Crippen molar-refractivity contribution < 1.29 is 18.0 Å². The summed E-state index contributed by atoms with van der Waals surface area (Å²) in [4.78, 5) is 13.9. The van der Waals surface area contributed by atoms with Crippen molar-refractivity contribution in [1.82, 2.24) is 4.90 Å². The van der Waals surface area contributed by atoms with Crippen molar-refractivity contribution in [2.75, 3.05) is 19.3 Å². The number of amides is 1. The third-order valence-corrected chi connectivity index (χ3v) is 3.38. The van der Waals surface area contributed by atoms with Gasteiger partial charge in [-0.1, -0.05) is 26.0 Å². The maximum absolute atomic E-state index is 12.6. The van der Waals surface area contributed by atoms with E-state index in [4.69, 9.17) is 0 Å². The smallest absolute Gasteiger partial charge is 0.329 e. The van der Waals surface area contributed by atoms with Crippen LogP contribution in [-0.2, 0) is 0 Å². The lowest BCUT2D eigenvalue weighted by molar-refractivity contribution is -0.141. The molecule has 0 aromatic heterocycles. The van der Waals surface area contributed by atoms with Crippen LogP contribution >= 0.6 is 11.8 Å². The summed E-state index contributed by atoms with van der Waals surface area (Å²) in [6.45, 7) is 2.45. The summed E-state index contributed by atoms with van der Waals surface area (Å²) in [5.41, 5.74) is 0.324. The van der Waals surface area contributed by atoms with E-state index in [1.54, 1.807) is 44.4 Å². The number of hydrogen-bond acceptors (Lipinski definition) is 2. The Balaban J connectivity index is 3.03. The lowest BCUT2D eigenvalue weighted by Crippen LogP contribution is -2.41. The molecule has 0 aliphatic carbocycles. The number of nitrogens with zero attached hydrogens (tertiary/aromatic N) is 1. The first kappa shape index (κ1) is 16.9. The van der Waals surface area contributed by atoms with Gasteiger partial charge in [-0.15, -0.1) is 11.8 Å². The molecule has 0 fully saturated rings. The van der Waals surface area contributed by atoms with Crippen LogP contribution in [0.5, 0.6) is 0 Å². The first-order chi connectivity index (χ1) is 9.24. The molecule has 0 saturated carbocycles. The second kappa shape index (κ2) is 7.02. The highest BCUT2D eigenvalue weighted by Crippen LogP contribution is 2.24. The molecule has 6 heteroatoms. The van der Waals surface area contributed by atoms with Gasteiger partial charge in [-0.2, -0.15) is 13.2 Å². The lowest BCUT2D eigenvalue weighted by atomic mass is 10.1. The monoisotopic (exact) mass is 305 g/mol. The van der Waals surface area contributed by atoms with Crippen molar-refractivity contribution in [3.63, 3.8) is 0 Å². The van der Waals surface area contributed by atoms with Gasteiger partial charge in [-0.05, 0) is 24.3 Å². The topological polar surface area (TPSA) is 20.3 Å². The molecule has 20 heavy (non-hydrogen) atoms. The van der Waals surface area contributed by atoms with Crippen LogP contribution in [0.15, 0.2) is 29.2 Å². The normalized spacial score (nSPS) is 11.8. The second-order valence-electron chi connectivity index (χ2n) is 4.89. The van der Waals surface area contributed by atoms with Gasteiger partial charge in [-0.25, -0.2) is 0 Å². The fraction of sp³-hybridized carbons (Fsp3) is 0.500. The van der Waals surface area contributed by atoms with E-state index in [2.05, 4.69) is 0 Å². The highest BCUT2D eigenvalue weighted by Gasteiger charge is 2.34. The van der Waals surface area contributed by atoms with Crippen LogP contribution in [0, 0.1) is 5.92 Å². The Morgan fingerprint density at radius 3 is 2.40 bits per heavy atom. The maximum Gasteiger partial charge on any atom is 0.406 e. The Kier molecular flexibility index (Phi) is 5.92. The SMILES string of the molecule is CSc1ccccc1C(=O)N(CC(C)C)CC(F)(F)F. The average molecular weight is 305 g/mol. The van der Waals surface area contributed by atoms with Gasteiger partial charge in [0.25, 0.3) is 5.91 Å². The van der Waals surface area contributed by atoms with Gasteiger partial charge < -0.3 is 4.90 Å². The van der Waals surface area contributed by atoms with E-state index < -0.39 is 18.6 Å². The summed E-state index contributed by atoms with van der Waals surface area (Å²) in [7, 11) is 0. The Labute approximate surface area is 121 Å². The number of thioether (sulfide) groups is 1. The highest BCUT2D eigenvalue weighted by atomic mass is 32.2. The zero-order valence-electron chi connectivity index (χ0n) is 11.7. The molecule has 0 atom stereocenters. The van der Waals surface area contributed by atoms with Gasteiger partial charge in [0, 0.05) is 11.4 Å². The summed E-state index contributed by atoms with van der Waals surface area (Å²) in [5.74, 6) is -0.594. The van der Waals surface area contributed by atoms with Gasteiger partial charge >= 0.3 is 6.18 Å². The van der Waals surface area contributed by atoms with Crippen molar-refractivity contribution >= 4 is 17.7 Å². The van der Waals surface area contributed by atoms with E-state index in [-0.39, 0.29) is 12.5 Å². The molecule has 112 valence electrons. The molecule has 1 rings (SSSR count). The van der Waals surface area contributed by atoms with Crippen LogP contribution in [0.1, 0.15) is 24.2 Å². The van der Waals surface area contributed by atoms with Gasteiger partial charge in [0.15, 0.2) is 0 Å². The fourth-order valence-corrected chi connectivity index (χ4v) is 2.46. The van der Waals surface area contributed by atoms with E-state index in [0.29, 0.717) is 10.5 Å². The van der Waals surface area contributed by atoms with E-state index in [1.807, 2.05) is 0 Å². The highest BCUT2D eigenvalue weighted by molar-refractivity contribution is 7.98. The predicted octanol–water partition coefficient (Wildman–Crippen LogP) is 4.07. The Morgan fingerprint density at radius 2 is 1.90 bits per heavy atom. The average Bonchev–Trinajstić information content (AvgIpc) is 2.35. The quantitative estimate of drug-likeness (QED) is 0.764. The summed E-state index contributed by atoms with van der Waals surface area (Å²) >= 11 is 1.35. The van der Waals surface area contributed by atoms with E-state index >= 15 is 0 Å². The van der Waals surface area contributed by atoms with E-state index in [0.717, 1.165) is 4.90 Å². The number of carbonyl (C=O) groups is 1. The minimum absolute atomic E-state index is 0.0252. The largest absolute Gasteiger partial charge is 0.406 e. The van der Waals surface area contributed by atoms with Crippen LogP contribution in [0.3, 0.4) is 0 Å². The second-order valence-corrected chi connectivity index (χ2v) is 5.74. The first-order valence-corrected chi connectivity index (χ1v) is 7.46. The molecule has 1 aromatic carbocycles. The molecule has 1 amide bonds. The molecule has 0 spiro atoms. The van der Waals surface area contributed by atoms with Crippen LogP contribution in [0.4, 0.5) is 13.2 Å². The predicted molar refractivity (Wildman–Crippen MR) is 75.0 cm³/mol. The van der Waals surface area contributed by atoms with Gasteiger partial charge in [0.05, 0.1) is 5.56 Å². The molecule has 1 aromatic rings. The molecular formula is C14H18F3NOS. The van der Waals surface area contributed by atoms with Crippen LogP contribution < -0.4 is 0 Å². The first-order valence-electron chi connectivity index (χ1n) is 6.23. The van der Waals surface area contributed by atoms with Crippen LogP contribution in [0.25, 0.3) is 0 Å². The summed E-state index contributed by atoms with van der Waals surface area (Å²) in [5, 5.41) is 0. The third-order valence-electron chi connectivity index (χ3n) is 2.58. The number of hydrogen-bond donors (Lipinski definition) is 0. The molecule has 0 unspecified atom stereocenters. The van der Waals surface area contributed by atoms with E-state index in [1.165, 1.54) is 11.8 Å². The molecule has 0 aliphatic heterocycles. The fourth-order valence-electron chi connectivity index (χ4n) is 1.87. The number of halogens is 3. The molecular weight excluding hydrogens is 287 g/mol. The number of benzene rings is 1. The maximum atomic E-state index is 12.6. The molecule has 0 N–H and O–H groups in total. The standard InChI is InChI=1S/C14H18F3NOS/c1-10(2)8-18(9-14(15,16)17)13(19)11-6-4-5-7-12(11)20-3/h4-7,10H,8-9H2,1-3H3. The van der Waals surface area contributed by atoms with Crippen LogP contribution in [0.2, 0.25) is 0 Å². The van der Waals surface area contributed by atoms with E-state index in [9.17, 15) is 18.0 Å². The summed E-state index contributed by atoms with van der Waals surface area (Å²) < 4.78 is 37.8. The summed E-state index contributed by atoms with van der Waals surface area (Å²) in [6, 6.07) is 6.73. The minimum Gasteiger partial charge on any atom is -0.329 e. The minimum atomic E-state index is -4.39. The molecule has 0 saturated heterocycles. The van der Waals surface area contributed by atoms with Crippen molar-refractivity contribution in [3.05, 3.63) is 29.8 Å². The third kappa shape index (κ3) is 5.07. The Morgan fingerprint density at radius 1 is 1.30 bits per heavy atom. The van der Waals surface area contributed by atoms with Crippen molar-refractivity contribution in [2.45, 2.75) is 24.9 Å². The molecule has 2 nitrogen and oxygen atoms in total. The number of rotatable bonds is 5. The Hall–Kier alpha value is -1.17. The molecule has 0 aliphatic rings. The molecule has 0 heterocycles. The van der Waals surface area contributed by atoms with Crippen LogP contribution in [-0.4, -0.2) is 36.3 Å². The van der Waals surface area contributed by atoms with Gasteiger partial charge in [0.2, 0.25) is 0 Å².